The zero-order valence-corrected chi connectivity index (χ0v) is 21.0. The van der Waals surface area contributed by atoms with Crippen LogP contribution >= 0.6 is 0 Å². The van der Waals surface area contributed by atoms with E-state index in [9.17, 15) is 9.59 Å². The maximum Gasteiger partial charge on any atom is 0.254 e. The number of benzene rings is 1. The molecule has 5 heteroatoms. The first-order valence-electron chi connectivity index (χ1n) is 12.4. The van der Waals surface area contributed by atoms with Crippen molar-refractivity contribution in [2.24, 2.45) is 5.41 Å². The van der Waals surface area contributed by atoms with E-state index in [1.165, 1.54) is 24.8 Å². The molecule has 2 aliphatic rings. The molecule has 0 bridgehead atoms. The fraction of sp³-hybridized carbons (Fsp3) is 0.704. The first kappa shape index (κ1) is 24.8. The fourth-order valence-corrected chi connectivity index (χ4v) is 5.46. The Hall–Kier alpha value is -1.88. The molecule has 178 valence electrons. The number of hydrogen-bond acceptors (Lipinski definition) is 3. The van der Waals surface area contributed by atoms with E-state index in [2.05, 4.69) is 24.8 Å². The number of amides is 2. The zero-order chi connectivity index (χ0) is 23.5. The third-order valence-electron chi connectivity index (χ3n) is 7.14. The smallest absolute Gasteiger partial charge is 0.254 e. The topological polar surface area (TPSA) is 49.9 Å². The molecule has 0 spiro atoms. The highest BCUT2D eigenvalue weighted by Crippen LogP contribution is 2.39. The molecule has 0 radical (unpaired) electrons. The van der Waals surface area contributed by atoms with Crippen LogP contribution in [0.25, 0.3) is 0 Å². The third-order valence-corrected chi connectivity index (χ3v) is 7.14. The number of ether oxygens (including phenoxy) is 1. The second kappa shape index (κ2) is 10.4. The van der Waals surface area contributed by atoms with Crippen LogP contribution in [-0.4, -0.2) is 49.1 Å². The second-order valence-electron chi connectivity index (χ2n) is 10.6. The Labute approximate surface area is 194 Å². The Balaban J connectivity index is 1.96. The summed E-state index contributed by atoms with van der Waals surface area (Å²) in [6.45, 7) is 11.7. The van der Waals surface area contributed by atoms with Crippen LogP contribution in [0.1, 0.15) is 94.1 Å². The summed E-state index contributed by atoms with van der Waals surface area (Å²) in [5, 5.41) is 0. The van der Waals surface area contributed by atoms with Crippen molar-refractivity contribution in [2.45, 2.75) is 98.1 Å². The van der Waals surface area contributed by atoms with E-state index < -0.39 is 5.41 Å². The van der Waals surface area contributed by atoms with Gasteiger partial charge in [0.1, 0.15) is 0 Å². The molecule has 0 N–H and O–H groups in total. The minimum absolute atomic E-state index is 0.115. The van der Waals surface area contributed by atoms with Crippen LogP contribution in [0.5, 0.6) is 0 Å². The lowest BCUT2D eigenvalue weighted by molar-refractivity contribution is -0.127. The SMILES string of the molecule is COCCCCN1C(=O)C(C)(C)Cc2cc(C)c(C(=O)N(C(C)C)C3CCCCC3)cc21. The average Bonchev–Trinajstić information content (AvgIpc) is 2.73. The highest BCUT2D eigenvalue weighted by molar-refractivity contribution is 6.03. The van der Waals surface area contributed by atoms with Gasteiger partial charge in [0.2, 0.25) is 5.91 Å². The van der Waals surface area contributed by atoms with Gasteiger partial charge >= 0.3 is 0 Å². The Bertz CT molecular complexity index is 824. The van der Waals surface area contributed by atoms with Gasteiger partial charge in [-0.1, -0.05) is 39.2 Å². The molecule has 1 saturated carbocycles. The predicted molar refractivity (Wildman–Crippen MR) is 130 cm³/mol. The highest BCUT2D eigenvalue weighted by atomic mass is 16.5. The molecule has 1 aliphatic carbocycles. The van der Waals surface area contributed by atoms with Gasteiger partial charge in [-0.15, -0.1) is 0 Å². The van der Waals surface area contributed by atoms with Crippen molar-refractivity contribution in [3.05, 3.63) is 28.8 Å². The van der Waals surface area contributed by atoms with Crippen molar-refractivity contribution < 1.29 is 14.3 Å². The van der Waals surface area contributed by atoms with Crippen LogP contribution in [0.2, 0.25) is 0 Å². The van der Waals surface area contributed by atoms with E-state index in [0.29, 0.717) is 25.6 Å². The predicted octanol–water partition coefficient (Wildman–Crippen LogP) is 5.52. The van der Waals surface area contributed by atoms with E-state index in [1.54, 1.807) is 7.11 Å². The van der Waals surface area contributed by atoms with Crippen molar-refractivity contribution in [3.8, 4) is 0 Å². The maximum absolute atomic E-state index is 13.8. The second-order valence-corrected chi connectivity index (χ2v) is 10.6. The monoisotopic (exact) mass is 442 g/mol. The minimum Gasteiger partial charge on any atom is -0.385 e. The molecule has 0 atom stereocenters. The van der Waals surface area contributed by atoms with Gasteiger partial charge in [-0.05, 0) is 70.1 Å². The number of carbonyl (C=O) groups excluding carboxylic acids is 2. The molecule has 1 aromatic carbocycles. The van der Waals surface area contributed by atoms with Crippen LogP contribution in [0, 0.1) is 12.3 Å². The minimum atomic E-state index is -0.432. The van der Waals surface area contributed by atoms with Crippen LogP contribution < -0.4 is 4.90 Å². The number of methoxy groups -OCH3 is 1. The van der Waals surface area contributed by atoms with Gasteiger partial charge < -0.3 is 14.5 Å². The molecule has 0 aromatic heterocycles. The molecule has 5 nitrogen and oxygen atoms in total. The molecule has 3 rings (SSSR count). The van der Waals surface area contributed by atoms with E-state index in [1.807, 2.05) is 31.7 Å². The van der Waals surface area contributed by atoms with Gasteiger partial charge in [-0.3, -0.25) is 9.59 Å². The quantitative estimate of drug-likeness (QED) is 0.498. The van der Waals surface area contributed by atoms with E-state index >= 15 is 0 Å². The molecule has 1 fully saturated rings. The standard InChI is InChI=1S/C27H42N2O3/c1-19(2)29(22-12-8-7-9-13-22)25(30)23-17-24-21(16-20(23)3)18-27(4,5)26(31)28(24)14-10-11-15-32-6/h16-17,19,22H,7-15,18H2,1-6H3. The number of hydrogen-bond donors (Lipinski definition) is 0. The molecule has 1 heterocycles. The lowest BCUT2D eigenvalue weighted by atomic mass is 9.79. The number of carbonyl (C=O) groups is 2. The number of fused-ring (bicyclic) bond motifs is 1. The summed E-state index contributed by atoms with van der Waals surface area (Å²) in [6.07, 6.45) is 8.35. The molecule has 0 unspecified atom stereocenters. The van der Waals surface area contributed by atoms with Crippen molar-refractivity contribution in [2.75, 3.05) is 25.2 Å². The highest BCUT2D eigenvalue weighted by Gasteiger charge is 2.40. The molecule has 1 aliphatic heterocycles. The van der Waals surface area contributed by atoms with Crippen molar-refractivity contribution >= 4 is 17.5 Å². The number of anilines is 1. The summed E-state index contributed by atoms with van der Waals surface area (Å²) in [7, 11) is 1.71. The number of rotatable bonds is 8. The lowest BCUT2D eigenvalue weighted by Gasteiger charge is -2.40. The van der Waals surface area contributed by atoms with Gasteiger partial charge in [0.15, 0.2) is 0 Å². The summed E-state index contributed by atoms with van der Waals surface area (Å²) in [6, 6.07) is 4.64. The molecule has 0 saturated heterocycles. The lowest BCUT2D eigenvalue weighted by Crippen LogP contribution is -2.48. The number of nitrogens with zero attached hydrogens (tertiary/aromatic N) is 2. The van der Waals surface area contributed by atoms with Crippen molar-refractivity contribution in [3.63, 3.8) is 0 Å². The first-order chi connectivity index (χ1) is 15.2. The van der Waals surface area contributed by atoms with Gasteiger partial charge in [-0.25, -0.2) is 0 Å². The van der Waals surface area contributed by atoms with E-state index in [0.717, 1.165) is 42.5 Å². The van der Waals surface area contributed by atoms with Gasteiger partial charge in [0, 0.05) is 49.0 Å². The zero-order valence-electron chi connectivity index (χ0n) is 21.0. The Morgan fingerprint density at radius 3 is 2.50 bits per heavy atom. The normalized spacial score (nSPS) is 18.7. The Morgan fingerprint density at radius 1 is 1.19 bits per heavy atom. The summed E-state index contributed by atoms with van der Waals surface area (Å²) < 4.78 is 5.19. The summed E-state index contributed by atoms with van der Waals surface area (Å²) in [5.74, 6) is 0.265. The number of unbranched alkanes of at least 4 members (excludes halogenated alkanes) is 1. The Morgan fingerprint density at radius 2 is 1.88 bits per heavy atom. The first-order valence-corrected chi connectivity index (χ1v) is 12.4. The average molecular weight is 443 g/mol. The molecule has 32 heavy (non-hydrogen) atoms. The van der Waals surface area contributed by atoms with Crippen LogP contribution in [0.4, 0.5) is 5.69 Å². The molecule has 1 aromatic rings. The molecular formula is C27H42N2O3. The van der Waals surface area contributed by atoms with Crippen LogP contribution in [0.15, 0.2) is 12.1 Å². The van der Waals surface area contributed by atoms with Gasteiger partial charge in [0.05, 0.1) is 0 Å². The molecular weight excluding hydrogens is 400 g/mol. The van der Waals surface area contributed by atoms with E-state index in [-0.39, 0.29) is 17.9 Å². The summed E-state index contributed by atoms with van der Waals surface area (Å²) >= 11 is 0. The third kappa shape index (κ3) is 5.19. The summed E-state index contributed by atoms with van der Waals surface area (Å²) in [4.78, 5) is 31.2. The number of aryl methyl sites for hydroxylation is 1. The van der Waals surface area contributed by atoms with E-state index in [4.69, 9.17) is 4.74 Å². The fourth-order valence-electron chi connectivity index (χ4n) is 5.46. The van der Waals surface area contributed by atoms with Crippen LogP contribution in [0.3, 0.4) is 0 Å². The van der Waals surface area contributed by atoms with Crippen molar-refractivity contribution in [1.82, 2.24) is 4.90 Å². The van der Waals surface area contributed by atoms with Gasteiger partial charge in [-0.2, -0.15) is 0 Å². The van der Waals surface area contributed by atoms with Gasteiger partial charge in [0.25, 0.3) is 5.91 Å². The molecule has 2 amide bonds. The maximum atomic E-state index is 13.8. The largest absolute Gasteiger partial charge is 0.385 e. The summed E-state index contributed by atoms with van der Waals surface area (Å²) in [5.41, 5.74) is 3.42. The van der Waals surface area contributed by atoms with Crippen molar-refractivity contribution in [1.29, 1.82) is 0 Å². The van der Waals surface area contributed by atoms with Crippen LogP contribution in [-0.2, 0) is 16.0 Å². The Kier molecular flexibility index (Phi) is 8.02.